The summed E-state index contributed by atoms with van der Waals surface area (Å²) in [6.45, 7) is 2.37. The van der Waals surface area contributed by atoms with Gasteiger partial charge in [-0.3, -0.25) is 14.9 Å². The maximum Gasteiger partial charge on any atom is 0.181 e. The van der Waals surface area contributed by atoms with Crippen molar-refractivity contribution in [3.05, 3.63) is 90.0 Å². The van der Waals surface area contributed by atoms with E-state index in [2.05, 4.69) is 31.9 Å². The third kappa shape index (κ3) is 4.84. The lowest BCUT2D eigenvalue weighted by Gasteiger charge is -2.37. The first-order valence-electron chi connectivity index (χ1n) is 12.9. The molecule has 0 bridgehead atoms. The Bertz CT molecular complexity index is 1380. The van der Waals surface area contributed by atoms with E-state index in [1.165, 1.54) is 0 Å². The van der Waals surface area contributed by atoms with Crippen molar-refractivity contribution in [2.45, 2.75) is 37.1 Å². The first kappa shape index (κ1) is 23.4. The van der Waals surface area contributed by atoms with E-state index >= 15 is 0 Å². The van der Waals surface area contributed by atoms with Gasteiger partial charge >= 0.3 is 0 Å². The monoisotopic (exact) mass is 494 g/mol. The summed E-state index contributed by atoms with van der Waals surface area (Å²) in [5.74, 6) is 2.66. The number of piperidine rings is 1. The van der Waals surface area contributed by atoms with Crippen molar-refractivity contribution in [3.8, 4) is 17.1 Å². The first-order valence-corrected chi connectivity index (χ1v) is 12.9. The predicted molar refractivity (Wildman–Crippen MR) is 142 cm³/mol. The number of hydrogen-bond acceptors (Lipinski definition) is 7. The van der Waals surface area contributed by atoms with Crippen LogP contribution in [0.2, 0.25) is 0 Å². The standard InChI is InChI=1S/C29H30N6O2/c36-25(19-21-10-17-37-26-7-2-1-6-24(21)26)22-4-3-5-23(18-22)33-29(11-15-31-16-12-29)28-32-27(34-35-28)20-8-13-30-14-9-20/h1-9,13-14,18,21,31,33H,10-12,15-17,19H2,(H,32,34,35)/t21-/m1/s1. The Labute approximate surface area is 215 Å². The number of fused-ring (bicyclic) bond motifs is 1. The number of nitrogens with one attached hydrogen (secondary N) is 3. The molecule has 2 aromatic heterocycles. The molecular weight excluding hydrogens is 464 g/mol. The van der Waals surface area contributed by atoms with Crippen LogP contribution in [0.1, 0.15) is 53.3 Å². The van der Waals surface area contributed by atoms with Crippen molar-refractivity contribution in [1.82, 2.24) is 25.5 Å². The second-order valence-corrected chi connectivity index (χ2v) is 9.78. The van der Waals surface area contributed by atoms with Crippen LogP contribution in [0.3, 0.4) is 0 Å². The van der Waals surface area contributed by atoms with E-state index in [1.54, 1.807) is 12.4 Å². The van der Waals surface area contributed by atoms with Gasteiger partial charge in [0.15, 0.2) is 17.4 Å². The molecule has 8 heteroatoms. The number of ketones is 1. The molecule has 0 radical (unpaired) electrons. The highest BCUT2D eigenvalue weighted by molar-refractivity contribution is 5.97. The van der Waals surface area contributed by atoms with Crippen LogP contribution in [-0.2, 0) is 5.54 Å². The molecule has 0 aliphatic carbocycles. The van der Waals surface area contributed by atoms with Crippen LogP contribution >= 0.6 is 0 Å². The molecule has 1 fully saturated rings. The number of para-hydroxylation sites is 1. The average Bonchev–Trinajstić information content (AvgIpc) is 3.46. The van der Waals surface area contributed by atoms with Gasteiger partial charge in [-0.25, -0.2) is 4.98 Å². The minimum Gasteiger partial charge on any atom is -0.493 e. The van der Waals surface area contributed by atoms with Gasteiger partial charge in [0.1, 0.15) is 5.75 Å². The molecule has 4 aromatic rings. The molecule has 4 heterocycles. The maximum atomic E-state index is 13.4. The number of anilines is 1. The number of rotatable bonds is 7. The number of benzene rings is 2. The lowest BCUT2D eigenvalue weighted by molar-refractivity contribution is 0.0966. The number of Topliss-reactive ketones (excluding diaryl/α,β-unsaturated/α-hetero) is 1. The maximum absolute atomic E-state index is 13.4. The highest BCUT2D eigenvalue weighted by Crippen LogP contribution is 2.37. The van der Waals surface area contributed by atoms with Gasteiger partial charge in [-0.15, -0.1) is 0 Å². The highest BCUT2D eigenvalue weighted by atomic mass is 16.5. The summed E-state index contributed by atoms with van der Waals surface area (Å²) in [4.78, 5) is 22.3. The SMILES string of the molecule is O=C(C[C@H]1CCOc2ccccc21)c1cccc(NC2(c3nc(-c4ccncc4)n[nH]3)CCNCC2)c1. The van der Waals surface area contributed by atoms with E-state index < -0.39 is 5.54 Å². The van der Waals surface area contributed by atoms with E-state index in [0.717, 1.165) is 60.7 Å². The summed E-state index contributed by atoms with van der Waals surface area (Å²) in [6, 6.07) is 19.7. The molecule has 2 aromatic carbocycles. The molecule has 0 amide bonds. The zero-order valence-corrected chi connectivity index (χ0v) is 20.6. The molecule has 0 spiro atoms. The topological polar surface area (TPSA) is 105 Å². The number of ether oxygens (including phenoxy) is 1. The molecule has 0 saturated carbocycles. The second kappa shape index (κ2) is 10.1. The Balaban J connectivity index is 1.23. The number of pyridine rings is 1. The van der Waals surface area contributed by atoms with Crippen LogP contribution in [0.25, 0.3) is 11.4 Å². The number of carbonyl (C=O) groups is 1. The minimum atomic E-state index is -0.412. The van der Waals surface area contributed by atoms with Gasteiger partial charge in [-0.1, -0.05) is 30.3 Å². The third-order valence-corrected chi connectivity index (χ3v) is 7.42. The van der Waals surface area contributed by atoms with Gasteiger partial charge in [-0.05, 0) is 74.2 Å². The number of aromatic nitrogens is 4. The first-order chi connectivity index (χ1) is 18.2. The number of H-pyrrole nitrogens is 1. The quantitative estimate of drug-likeness (QED) is 0.320. The van der Waals surface area contributed by atoms with Gasteiger partial charge in [0.25, 0.3) is 0 Å². The fourth-order valence-electron chi connectivity index (χ4n) is 5.40. The van der Waals surface area contributed by atoms with Gasteiger partial charge in [-0.2, -0.15) is 5.10 Å². The summed E-state index contributed by atoms with van der Waals surface area (Å²) in [5.41, 5.74) is 3.25. The third-order valence-electron chi connectivity index (χ3n) is 7.42. The molecule has 1 atom stereocenters. The van der Waals surface area contributed by atoms with E-state index in [1.807, 2.05) is 54.6 Å². The average molecular weight is 495 g/mol. The second-order valence-electron chi connectivity index (χ2n) is 9.78. The summed E-state index contributed by atoms with van der Waals surface area (Å²) < 4.78 is 5.78. The van der Waals surface area contributed by atoms with Crippen molar-refractivity contribution in [2.75, 3.05) is 25.0 Å². The van der Waals surface area contributed by atoms with Crippen molar-refractivity contribution in [2.24, 2.45) is 0 Å². The van der Waals surface area contributed by atoms with Crippen molar-refractivity contribution >= 4 is 11.5 Å². The summed E-state index contributed by atoms with van der Waals surface area (Å²) in [5, 5.41) is 14.8. The van der Waals surface area contributed by atoms with E-state index in [9.17, 15) is 4.79 Å². The van der Waals surface area contributed by atoms with Crippen LogP contribution < -0.4 is 15.4 Å². The summed E-state index contributed by atoms with van der Waals surface area (Å²) in [7, 11) is 0. The van der Waals surface area contributed by atoms with E-state index in [-0.39, 0.29) is 11.7 Å². The normalized spacial score (nSPS) is 18.4. The fourth-order valence-corrected chi connectivity index (χ4v) is 5.40. The Morgan fingerprint density at radius 2 is 1.89 bits per heavy atom. The highest BCUT2D eigenvalue weighted by Gasteiger charge is 2.37. The van der Waals surface area contributed by atoms with Gasteiger partial charge in [0, 0.05) is 35.6 Å². The zero-order chi connectivity index (χ0) is 25.1. The molecule has 37 heavy (non-hydrogen) atoms. The van der Waals surface area contributed by atoms with Crippen LogP contribution in [0.15, 0.2) is 73.1 Å². The van der Waals surface area contributed by atoms with Crippen LogP contribution in [0.4, 0.5) is 5.69 Å². The van der Waals surface area contributed by atoms with Crippen molar-refractivity contribution in [3.63, 3.8) is 0 Å². The van der Waals surface area contributed by atoms with Gasteiger partial charge in [0.2, 0.25) is 0 Å². The molecular formula is C29H30N6O2. The van der Waals surface area contributed by atoms with E-state index in [0.29, 0.717) is 24.4 Å². The molecule has 3 N–H and O–H groups in total. The minimum absolute atomic E-state index is 0.143. The fraction of sp³-hybridized carbons (Fsp3) is 0.310. The Kier molecular flexibility index (Phi) is 6.40. The smallest absolute Gasteiger partial charge is 0.181 e. The summed E-state index contributed by atoms with van der Waals surface area (Å²) >= 11 is 0. The number of carbonyl (C=O) groups excluding carboxylic acids is 1. The van der Waals surface area contributed by atoms with Crippen LogP contribution in [-0.4, -0.2) is 45.6 Å². The largest absolute Gasteiger partial charge is 0.493 e. The lowest BCUT2D eigenvalue weighted by atomic mass is 9.86. The van der Waals surface area contributed by atoms with Crippen molar-refractivity contribution < 1.29 is 9.53 Å². The summed E-state index contributed by atoms with van der Waals surface area (Å²) in [6.07, 6.45) is 6.49. The predicted octanol–water partition coefficient (Wildman–Crippen LogP) is 4.70. The van der Waals surface area contributed by atoms with Gasteiger partial charge < -0.3 is 15.4 Å². The molecule has 0 unspecified atom stereocenters. The zero-order valence-electron chi connectivity index (χ0n) is 20.6. The number of nitrogens with zero attached hydrogens (tertiary/aromatic N) is 3. The van der Waals surface area contributed by atoms with Gasteiger partial charge in [0.05, 0.1) is 12.1 Å². The lowest BCUT2D eigenvalue weighted by Crippen LogP contribution is -2.46. The van der Waals surface area contributed by atoms with Crippen LogP contribution in [0.5, 0.6) is 5.75 Å². The molecule has 2 aliphatic heterocycles. The van der Waals surface area contributed by atoms with Crippen LogP contribution in [0, 0.1) is 0 Å². The Hall–Kier alpha value is -4.04. The Morgan fingerprint density at radius 1 is 1.05 bits per heavy atom. The number of aromatic amines is 1. The molecule has 2 aliphatic rings. The molecule has 6 rings (SSSR count). The molecule has 1 saturated heterocycles. The Morgan fingerprint density at radius 3 is 2.76 bits per heavy atom. The number of hydrogen-bond donors (Lipinski definition) is 3. The molecule has 8 nitrogen and oxygen atoms in total. The molecule has 188 valence electrons. The van der Waals surface area contributed by atoms with E-state index in [4.69, 9.17) is 9.72 Å². The van der Waals surface area contributed by atoms with Crippen molar-refractivity contribution in [1.29, 1.82) is 0 Å².